The summed E-state index contributed by atoms with van der Waals surface area (Å²) < 4.78 is 15.7. The van der Waals surface area contributed by atoms with E-state index in [-0.39, 0.29) is 12.4 Å². The van der Waals surface area contributed by atoms with Crippen molar-refractivity contribution in [1.29, 1.82) is 5.26 Å². The van der Waals surface area contributed by atoms with Crippen LogP contribution in [0.15, 0.2) is 0 Å². The molecule has 0 unspecified atom stereocenters. The minimum Gasteiger partial charge on any atom is -0.372 e. The minimum atomic E-state index is -0.124. The van der Waals surface area contributed by atoms with E-state index in [0.717, 1.165) is 0 Å². The monoisotopic (exact) mass is 171 g/mol. The standard InChI is InChI=1S/C8H13NO3/c1-7-11-5-8(6-12-7)10-4-2-3-9/h7-8H,2,4-6H2,1H3. The van der Waals surface area contributed by atoms with Gasteiger partial charge in [-0.3, -0.25) is 0 Å². The summed E-state index contributed by atoms with van der Waals surface area (Å²) in [7, 11) is 0. The Balaban J connectivity index is 2.06. The highest BCUT2D eigenvalue weighted by molar-refractivity contribution is 4.69. The topological polar surface area (TPSA) is 51.5 Å². The number of nitriles is 1. The Hall–Kier alpha value is -0.630. The number of ether oxygens (including phenoxy) is 3. The predicted octanol–water partition coefficient (Wildman–Crippen LogP) is 0.678. The van der Waals surface area contributed by atoms with Crippen molar-refractivity contribution in [3.63, 3.8) is 0 Å². The van der Waals surface area contributed by atoms with Gasteiger partial charge in [0.15, 0.2) is 6.29 Å². The lowest BCUT2D eigenvalue weighted by Crippen LogP contribution is -2.36. The van der Waals surface area contributed by atoms with Crippen LogP contribution in [0, 0.1) is 11.3 Å². The van der Waals surface area contributed by atoms with Gasteiger partial charge in [0, 0.05) is 0 Å². The summed E-state index contributed by atoms with van der Waals surface area (Å²) in [5.74, 6) is 0. The van der Waals surface area contributed by atoms with Crippen LogP contribution >= 0.6 is 0 Å². The molecule has 0 amide bonds. The van der Waals surface area contributed by atoms with Gasteiger partial charge in [0.05, 0.1) is 32.3 Å². The SMILES string of the molecule is CC1OCC(OCCC#N)CO1. The molecule has 0 atom stereocenters. The van der Waals surface area contributed by atoms with E-state index in [1.807, 2.05) is 13.0 Å². The van der Waals surface area contributed by atoms with E-state index in [9.17, 15) is 0 Å². The Morgan fingerprint density at radius 2 is 2.17 bits per heavy atom. The average molecular weight is 171 g/mol. The van der Waals surface area contributed by atoms with Crippen LogP contribution in [0.3, 0.4) is 0 Å². The molecule has 0 saturated carbocycles. The molecule has 4 heteroatoms. The maximum absolute atomic E-state index is 8.25. The Morgan fingerprint density at radius 3 is 2.75 bits per heavy atom. The molecule has 0 aliphatic carbocycles. The summed E-state index contributed by atoms with van der Waals surface area (Å²) in [4.78, 5) is 0. The largest absolute Gasteiger partial charge is 0.372 e. The first-order valence-corrected chi connectivity index (χ1v) is 4.04. The average Bonchev–Trinajstić information content (AvgIpc) is 2.09. The van der Waals surface area contributed by atoms with Gasteiger partial charge in [0.2, 0.25) is 0 Å². The Bertz CT molecular complexity index is 158. The normalized spacial score (nSPS) is 29.7. The molecule has 12 heavy (non-hydrogen) atoms. The van der Waals surface area contributed by atoms with Crippen molar-refractivity contribution in [1.82, 2.24) is 0 Å². The molecule has 0 spiro atoms. The van der Waals surface area contributed by atoms with Crippen molar-refractivity contribution in [2.75, 3.05) is 19.8 Å². The lowest BCUT2D eigenvalue weighted by Gasteiger charge is -2.26. The van der Waals surface area contributed by atoms with Crippen molar-refractivity contribution < 1.29 is 14.2 Å². The molecule has 1 fully saturated rings. The Kier molecular flexibility index (Phi) is 4.01. The molecule has 0 aromatic heterocycles. The summed E-state index contributed by atoms with van der Waals surface area (Å²) in [5, 5.41) is 8.25. The third-order valence-electron chi connectivity index (χ3n) is 1.60. The summed E-state index contributed by atoms with van der Waals surface area (Å²) in [6.45, 7) is 3.44. The van der Waals surface area contributed by atoms with E-state index in [1.54, 1.807) is 0 Å². The van der Waals surface area contributed by atoms with E-state index in [1.165, 1.54) is 0 Å². The van der Waals surface area contributed by atoms with Gasteiger partial charge < -0.3 is 14.2 Å². The van der Waals surface area contributed by atoms with Crippen LogP contribution in [0.25, 0.3) is 0 Å². The van der Waals surface area contributed by atoms with Gasteiger partial charge in [-0.25, -0.2) is 0 Å². The molecule has 0 radical (unpaired) electrons. The van der Waals surface area contributed by atoms with E-state index in [0.29, 0.717) is 26.2 Å². The fourth-order valence-corrected chi connectivity index (χ4v) is 0.949. The maximum Gasteiger partial charge on any atom is 0.155 e. The van der Waals surface area contributed by atoms with E-state index in [4.69, 9.17) is 19.5 Å². The van der Waals surface area contributed by atoms with Crippen molar-refractivity contribution in [2.24, 2.45) is 0 Å². The van der Waals surface area contributed by atoms with Crippen LogP contribution in [-0.4, -0.2) is 32.2 Å². The molecule has 1 heterocycles. The summed E-state index contributed by atoms with van der Waals surface area (Å²) in [6, 6.07) is 2.01. The van der Waals surface area contributed by atoms with Crippen LogP contribution in [0.5, 0.6) is 0 Å². The van der Waals surface area contributed by atoms with E-state index >= 15 is 0 Å². The zero-order valence-corrected chi connectivity index (χ0v) is 7.16. The quantitative estimate of drug-likeness (QED) is 0.586. The Labute approximate surface area is 72.0 Å². The molecule has 1 aliphatic heterocycles. The third-order valence-corrected chi connectivity index (χ3v) is 1.60. The molecule has 0 aromatic rings. The second-order valence-corrected chi connectivity index (χ2v) is 2.64. The van der Waals surface area contributed by atoms with Crippen LogP contribution in [0.1, 0.15) is 13.3 Å². The van der Waals surface area contributed by atoms with Crippen molar-refractivity contribution in [3.8, 4) is 6.07 Å². The van der Waals surface area contributed by atoms with Crippen LogP contribution in [0.2, 0.25) is 0 Å². The first kappa shape index (κ1) is 9.46. The maximum atomic E-state index is 8.25. The number of hydrogen-bond acceptors (Lipinski definition) is 4. The van der Waals surface area contributed by atoms with Gasteiger partial charge in [-0.15, -0.1) is 0 Å². The molecule has 1 rings (SSSR count). The predicted molar refractivity (Wildman–Crippen MR) is 41.3 cm³/mol. The molecule has 4 nitrogen and oxygen atoms in total. The fraction of sp³-hybridized carbons (Fsp3) is 0.875. The van der Waals surface area contributed by atoms with Gasteiger partial charge >= 0.3 is 0 Å². The summed E-state index contributed by atoms with van der Waals surface area (Å²) >= 11 is 0. The molecule has 0 bridgehead atoms. The summed E-state index contributed by atoms with van der Waals surface area (Å²) in [5.41, 5.74) is 0. The van der Waals surface area contributed by atoms with Gasteiger partial charge in [-0.1, -0.05) is 0 Å². The molecule has 1 aliphatic rings. The molecular weight excluding hydrogens is 158 g/mol. The fourth-order valence-electron chi connectivity index (χ4n) is 0.949. The molecule has 0 N–H and O–H groups in total. The number of nitrogens with zero attached hydrogens (tertiary/aromatic N) is 1. The molecule has 68 valence electrons. The first-order valence-electron chi connectivity index (χ1n) is 4.04. The van der Waals surface area contributed by atoms with Crippen LogP contribution < -0.4 is 0 Å². The molecule has 1 saturated heterocycles. The van der Waals surface area contributed by atoms with Crippen molar-refractivity contribution >= 4 is 0 Å². The molecule has 0 aromatic carbocycles. The first-order chi connectivity index (χ1) is 5.83. The van der Waals surface area contributed by atoms with Crippen molar-refractivity contribution in [2.45, 2.75) is 25.7 Å². The Morgan fingerprint density at radius 1 is 1.50 bits per heavy atom. The number of rotatable bonds is 3. The van der Waals surface area contributed by atoms with Gasteiger partial charge in [0.25, 0.3) is 0 Å². The van der Waals surface area contributed by atoms with E-state index < -0.39 is 0 Å². The minimum absolute atomic E-state index is 0.00505. The highest BCUT2D eigenvalue weighted by Gasteiger charge is 2.18. The third kappa shape index (κ3) is 3.18. The van der Waals surface area contributed by atoms with E-state index in [2.05, 4.69) is 0 Å². The van der Waals surface area contributed by atoms with Gasteiger partial charge in [-0.05, 0) is 6.92 Å². The van der Waals surface area contributed by atoms with Gasteiger partial charge in [-0.2, -0.15) is 5.26 Å². The lowest BCUT2D eigenvalue weighted by molar-refractivity contribution is -0.217. The summed E-state index contributed by atoms with van der Waals surface area (Å²) in [6.07, 6.45) is 0.293. The van der Waals surface area contributed by atoms with Gasteiger partial charge in [0.1, 0.15) is 6.10 Å². The van der Waals surface area contributed by atoms with Crippen LogP contribution in [0.4, 0.5) is 0 Å². The number of hydrogen-bond donors (Lipinski definition) is 0. The lowest BCUT2D eigenvalue weighted by atomic mass is 10.3. The highest BCUT2D eigenvalue weighted by Crippen LogP contribution is 2.07. The van der Waals surface area contributed by atoms with Crippen molar-refractivity contribution in [3.05, 3.63) is 0 Å². The smallest absolute Gasteiger partial charge is 0.155 e. The molecular formula is C8H13NO3. The van der Waals surface area contributed by atoms with Crippen LogP contribution in [-0.2, 0) is 14.2 Å². The highest BCUT2D eigenvalue weighted by atomic mass is 16.7. The zero-order valence-electron chi connectivity index (χ0n) is 7.16. The zero-order chi connectivity index (χ0) is 8.81. The second kappa shape index (κ2) is 5.09. The second-order valence-electron chi connectivity index (χ2n) is 2.64.